The quantitative estimate of drug-likeness (QED) is 0.140. The molecule has 0 radical (unpaired) electrons. The molecule has 1 aliphatic carbocycles. The minimum absolute atomic E-state index is 0.744. The Morgan fingerprint density at radius 1 is 0.792 bits per heavy atom. The third-order valence-electron chi connectivity index (χ3n) is 4.76. The van der Waals surface area contributed by atoms with Gasteiger partial charge in [0.1, 0.15) is 23.0 Å². The van der Waals surface area contributed by atoms with Crippen molar-refractivity contribution in [2.75, 3.05) is 18.1 Å². The van der Waals surface area contributed by atoms with E-state index in [0.717, 1.165) is 18.9 Å². The Kier molecular flexibility index (Phi) is 17.4. The van der Waals surface area contributed by atoms with E-state index in [0.29, 0.717) is 0 Å². The molecule has 0 N–H and O–H groups in total. The van der Waals surface area contributed by atoms with Gasteiger partial charge in [-0.2, -0.15) is 11.8 Å². The fourth-order valence-electron chi connectivity index (χ4n) is 3.26. The largest absolute Gasteiger partial charge is 0.316 e. The summed E-state index contributed by atoms with van der Waals surface area (Å²) in [5.74, 6) is 10.2. The van der Waals surface area contributed by atoms with Gasteiger partial charge in [-0.3, -0.25) is 0 Å². The molecule has 0 saturated heterocycles. The van der Waals surface area contributed by atoms with E-state index >= 15 is 0 Å². The predicted octanol–water partition coefficient (Wildman–Crippen LogP) is 7.57. The van der Waals surface area contributed by atoms with Crippen molar-refractivity contribution >= 4 is 34.8 Å². The van der Waals surface area contributed by atoms with E-state index in [2.05, 4.69) is 23.6 Å². The Labute approximate surface area is 169 Å². The molecule has 0 atom stereocenters. The third-order valence-corrected chi connectivity index (χ3v) is 6.36. The monoisotopic (exact) mass is 464 g/mol. The van der Waals surface area contributed by atoms with E-state index in [-0.39, 0.29) is 0 Å². The first-order valence-corrected chi connectivity index (χ1v) is 12.3. The van der Waals surface area contributed by atoms with Crippen molar-refractivity contribution in [2.45, 2.75) is 96.3 Å². The highest BCUT2D eigenvalue weighted by Crippen LogP contribution is 2.23. The summed E-state index contributed by atoms with van der Waals surface area (Å²) in [6.07, 6.45) is 20.6. The molecule has 0 aromatic heterocycles. The summed E-state index contributed by atoms with van der Waals surface area (Å²) in [5.41, 5.74) is 0. The molecule has 0 aromatic carbocycles. The van der Waals surface area contributed by atoms with Crippen LogP contribution in [0.15, 0.2) is 0 Å². The Bertz CT molecular complexity index is 318. The summed E-state index contributed by atoms with van der Waals surface area (Å²) in [5, 5.41) is 0. The zero-order valence-electron chi connectivity index (χ0n) is 15.5. The van der Waals surface area contributed by atoms with Crippen molar-refractivity contribution in [2.24, 2.45) is 5.92 Å². The molecule has 1 aliphatic rings. The standard InChI is InChI=1S/C21H37IOS/c22-23-18-14-20-24-19-13-9-7-5-3-1-2-4-6-8-10-15-21-16-11-12-17-21/h21H,1-9,11-14,16-20H2. The van der Waals surface area contributed by atoms with Gasteiger partial charge in [0.05, 0.1) is 6.61 Å². The molecule has 24 heavy (non-hydrogen) atoms. The summed E-state index contributed by atoms with van der Waals surface area (Å²) in [7, 11) is 0. The van der Waals surface area contributed by atoms with Crippen LogP contribution in [0.3, 0.4) is 0 Å². The normalized spacial score (nSPS) is 14.7. The lowest BCUT2D eigenvalue weighted by molar-refractivity contribution is 0.427. The van der Waals surface area contributed by atoms with Crippen LogP contribution in [0, 0.1) is 17.8 Å². The van der Waals surface area contributed by atoms with Crippen LogP contribution in [0.5, 0.6) is 0 Å². The molecule has 0 aromatic rings. The van der Waals surface area contributed by atoms with Crippen molar-refractivity contribution in [1.82, 2.24) is 0 Å². The van der Waals surface area contributed by atoms with Crippen LogP contribution in [0.2, 0.25) is 0 Å². The first kappa shape index (κ1) is 22.6. The van der Waals surface area contributed by atoms with Gasteiger partial charge in [0.25, 0.3) is 0 Å². The fourth-order valence-corrected chi connectivity index (χ4v) is 4.50. The second kappa shape index (κ2) is 18.4. The molecular formula is C21H37IOS. The van der Waals surface area contributed by atoms with Crippen molar-refractivity contribution in [3.8, 4) is 11.8 Å². The van der Waals surface area contributed by atoms with Crippen LogP contribution in [-0.4, -0.2) is 18.1 Å². The molecule has 1 nitrogen and oxygen atoms in total. The number of hydrogen-bond donors (Lipinski definition) is 0. The van der Waals surface area contributed by atoms with Gasteiger partial charge in [-0.1, -0.05) is 63.7 Å². The van der Waals surface area contributed by atoms with E-state index in [1.54, 1.807) is 0 Å². The van der Waals surface area contributed by atoms with Gasteiger partial charge in [0, 0.05) is 12.3 Å². The maximum atomic E-state index is 5.03. The highest BCUT2D eigenvalue weighted by Gasteiger charge is 2.10. The van der Waals surface area contributed by atoms with Gasteiger partial charge >= 0.3 is 0 Å². The van der Waals surface area contributed by atoms with Gasteiger partial charge in [-0.25, -0.2) is 0 Å². The second-order valence-corrected chi connectivity index (χ2v) is 8.86. The van der Waals surface area contributed by atoms with Crippen LogP contribution < -0.4 is 0 Å². The molecule has 1 fully saturated rings. The Hall–Kier alpha value is 0.600. The molecule has 3 heteroatoms. The Morgan fingerprint density at radius 3 is 2.04 bits per heavy atom. The highest BCUT2D eigenvalue weighted by molar-refractivity contribution is 14.1. The number of hydrogen-bond acceptors (Lipinski definition) is 2. The number of thioether (sulfide) groups is 1. The molecule has 0 heterocycles. The van der Waals surface area contributed by atoms with Crippen molar-refractivity contribution in [3.63, 3.8) is 0 Å². The number of unbranched alkanes of at least 4 members (excludes halogenated alkanes) is 9. The highest BCUT2D eigenvalue weighted by atomic mass is 127. The lowest BCUT2D eigenvalue weighted by Gasteiger charge is -2.03. The van der Waals surface area contributed by atoms with E-state index in [9.17, 15) is 0 Å². The van der Waals surface area contributed by atoms with Crippen molar-refractivity contribution < 1.29 is 3.07 Å². The van der Waals surface area contributed by atoms with Gasteiger partial charge in [-0.05, 0) is 43.6 Å². The third kappa shape index (κ3) is 14.9. The number of halogens is 1. The fraction of sp³-hybridized carbons (Fsp3) is 0.905. The van der Waals surface area contributed by atoms with Crippen LogP contribution in [0.1, 0.15) is 96.3 Å². The van der Waals surface area contributed by atoms with E-state index in [1.165, 1.54) is 101 Å². The Balaban J connectivity index is 1.69. The predicted molar refractivity (Wildman–Crippen MR) is 118 cm³/mol. The van der Waals surface area contributed by atoms with E-state index in [4.69, 9.17) is 3.07 Å². The molecule has 0 unspecified atom stereocenters. The lowest BCUT2D eigenvalue weighted by Crippen LogP contribution is -1.89. The van der Waals surface area contributed by atoms with Crippen molar-refractivity contribution in [3.05, 3.63) is 0 Å². The smallest absolute Gasteiger partial charge is 0.109 e. The SMILES string of the molecule is IOCCCSCCCCCCCCCCCC#CC1CCCC1. The molecule has 0 amide bonds. The maximum absolute atomic E-state index is 5.03. The summed E-state index contributed by atoms with van der Waals surface area (Å²) < 4.78 is 5.03. The van der Waals surface area contributed by atoms with Crippen LogP contribution in [0.4, 0.5) is 0 Å². The molecule has 0 spiro atoms. The summed E-state index contributed by atoms with van der Waals surface area (Å²) in [4.78, 5) is 0. The summed E-state index contributed by atoms with van der Waals surface area (Å²) in [6, 6.07) is 0. The summed E-state index contributed by atoms with van der Waals surface area (Å²) in [6.45, 7) is 0.903. The van der Waals surface area contributed by atoms with Gasteiger partial charge < -0.3 is 3.07 Å². The van der Waals surface area contributed by atoms with Crippen LogP contribution in [-0.2, 0) is 3.07 Å². The van der Waals surface area contributed by atoms with Gasteiger partial charge in [0.15, 0.2) is 0 Å². The van der Waals surface area contributed by atoms with Gasteiger partial charge in [0.2, 0.25) is 0 Å². The first-order valence-electron chi connectivity index (χ1n) is 10.2. The average molecular weight is 464 g/mol. The lowest BCUT2D eigenvalue weighted by atomic mass is 10.1. The topological polar surface area (TPSA) is 9.23 Å². The molecule has 0 aliphatic heterocycles. The van der Waals surface area contributed by atoms with Crippen LogP contribution in [0.25, 0.3) is 0 Å². The van der Waals surface area contributed by atoms with E-state index < -0.39 is 0 Å². The minimum Gasteiger partial charge on any atom is -0.316 e. The Morgan fingerprint density at radius 2 is 1.38 bits per heavy atom. The minimum atomic E-state index is 0.744. The molecule has 0 bridgehead atoms. The molecule has 140 valence electrons. The second-order valence-electron chi connectivity index (χ2n) is 7.01. The van der Waals surface area contributed by atoms with Crippen molar-refractivity contribution in [1.29, 1.82) is 0 Å². The van der Waals surface area contributed by atoms with Gasteiger partial charge in [-0.15, -0.1) is 5.92 Å². The van der Waals surface area contributed by atoms with E-state index in [1.807, 2.05) is 23.0 Å². The number of rotatable bonds is 15. The first-order chi connectivity index (χ1) is 11.9. The molecule has 1 rings (SSSR count). The zero-order chi connectivity index (χ0) is 17.1. The summed E-state index contributed by atoms with van der Waals surface area (Å²) >= 11 is 4.07. The van der Waals surface area contributed by atoms with Crippen LogP contribution >= 0.6 is 34.8 Å². The maximum Gasteiger partial charge on any atom is 0.109 e. The molecule has 1 saturated carbocycles. The average Bonchev–Trinajstić information content (AvgIpc) is 3.11. The molecular weight excluding hydrogens is 427 g/mol. The zero-order valence-corrected chi connectivity index (χ0v) is 18.5.